The fraction of sp³-hybridized carbons (Fsp3) is 1.00. The molecule has 1 fully saturated rings. The van der Waals surface area contributed by atoms with Crippen molar-refractivity contribution in [1.82, 2.24) is 5.32 Å². The molecular formula is C8H17NO2S. The second kappa shape index (κ2) is 3.34. The molecule has 0 saturated carbocycles. The lowest BCUT2D eigenvalue weighted by Gasteiger charge is -2.23. The minimum atomic E-state index is -2.75. The molecule has 12 heavy (non-hydrogen) atoms. The van der Waals surface area contributed by atoms with Crippen molar-refractivity contribution in [2.75, 3.05) is 18.1 Å². The molecule has 0 spiro atoms. The molecule has 0 aromatic carbocycles. The van der Waals surface area contributed by atoms with Crippen LogP contribution < -0.4 is 5.32 Å². The zero-order chi connectivity index (χ0) is 9.24. The Labute approximate surface area is 74.5 Å². The van der Waals surface area contributed by atoms with Crippen LogP contribution in [0, 0.1) is 0 Å². The van der Waals surface area contributed by atoms with E-state index in [1.807, 2.05) is 6.92 Å². The molecule has 1 aliphatic heterocycles. The second-order valence-corrected chi connectivity index (χ2v) is 6.01. The third-order valence-electron chi connectivity index (χ3n) is 2.31. The normalized spacial score (nSPS) is 33.8. The van der Waals surface area contributed by atoms with E-state index >= 15 is 0 Å². The minimum absolute atomic E-state index is 0.158. The van der Waals surface area contributed by atoms with Crippen molar-refractivity contribution >= 4 is 9.84 Å². The quantitative estimate of drug-likeness (QED) is 0.709. The van der Waals surface area contributed by atoms with Crippen LogP contribution in [-0.2, 0) is 9.84 Å². The molecule has 0 aromatic rings. The third kappa shape index (κ3) is 2.45. The Morgan fingerprint density at radius 1 is 1.50 bits per heavy atom. The average Bonchev–Trinajstić information content (AvgIpc) is 2.23. The van der Waals surface area contributed by atoms with E-state index in [1.165, 1.54) is 0 Å². The van der Waals surface area contributed by atoms with Crippen LogP contribution in [-0.4, -0.2) is 32.0 Å². The molecule has 1 heterocycles. The van der Waals surface area contributed by atoms with Crippen molar-refractivity contribution in [2.24, 2.45) is 0 Å². The van der Waals surface area contributed by atoms with Gasteiger partial charge in [0.05, 0.1) is 11.5 Å². The highest BCUT2D eigenvalue weighted by atomic mass is 32.2. The van der Waals surface area contributed by atoms with Gasteiger partial charge in [-0.25, -0.2) is 8.42 Å². The lowest BCUT2D eigenvalue weighted by Crippen LogP contribution is -2.43. The molecule has 0 bridgehead atoms. The smallest absolute Gasteiger partial charge is 0.152 e. The van der Waals surface area contributed by atoms with Crippen LogP contribution in [0.5, 0.6) is 0 Å². The SMILES string of the molecule is CCCNC1(C)CCS(=O)(=O)C1. The molecule has 1 aliphatic rings. The first-order valence-corrected chi connectivity index (χ1v) is 6.25. The summed E-state index contributed by atoms with van der Waals surface area (Å²) >= 11 is 0. The minimum Gasteiger partial charge on any atom is -0.310 e. The zero-order valence-corrected chi connectivity index (χ0v) is 8.58. The van der Waals surface area contributed by atoms with E-state index < -0.39 is 9.84 Å². The maximum Gasteiger partial charge on any atom is 0.152 e. The van der Waals surface area contributed by atoms with Gasteiger partial charge in [0.15, 0.2) is 9.84 Å². The first-order chi connectivity index (χ1) is 5.47. The van der Waals surface area contributed by atoms with Crippen molar-refractivity contribution in [1.29, 1.82) is 0 Å². The van der Waals surface area contributed by atoms with Crippen LogP contribution in [0.3, 0.4) is 0 Å². The van der Waals surface area contributed by atoms with Crippen LogP contribution >= 0.6 is 0 Å². The van der Waals surface area contributed by atoms with E-state index in [2.05, 4.69) is 12.2 Å². The van der Waals surface area contributed by atoms with E-state index in [4.69, 9.17) is 0 Å². The van der Waals surface area contributed by atoms with Gasteiger partial charge in [-0.2, -0.15) is 0 Å². The Morgan fingerprint density at radius 2 is 2.17 bits per heavy atom. The fourth-order valence-electron chi connectivity index (χ4n) is 1.58. The largest absolute Gasteiger partial charge is 0.310 e. The van der Waals surface area contributed by atoms with Gasteiger partial charge in [-0.05, 0) is 26.3 Å². The Morgan fingerprint density at radius 3 is 2.58 bits per heavy atom. The molecule has 1 N–H and O–H groups in total. The summed E-state index contributed by atoms with van der Waals surface area (Å²) in [5.41, 5.74) is -0.158. The third-order valence-corrected chi connectivity index (χ3v) is 4.21. The van der Waals surface area contributed by atoms with Crippen LogP contribution in [0.4, 0.5) is 0 Å². The van der Waals surface area contributed by atoms with E-state index in [0.29, 0.717) is 11.5 Å². The lowest BCUT2D eigenvalue weighted by atomic mass is 10.0. The van der Waals surface area contributed by atoms with Crippen LogP contribution in [0.1, 0.15) is 26.7 Å². The summed E-state index contributed by atoms with van der Waals surface area (Å²) in [6.07, 6.45) is 1.81. The Balaban J connectivity index is 2.53. The highest BCUT2D eigenvalue weighted by Gasteiger charge is 2.37. The molecule has 1 unspecified atom stereocenters. The molecular weight excluding hydrogens is 174 g/mol. The van der Waals surface area contributed by atoms with E-state index in [0.717, 1.165) is 19.4 Å². The van der Waals surface area contributed by atoms with Crippen molar-refractivity contribution in [3.05, 3.63) is 0 Å². The average molecular weight is 191 g/mol. The standard InChI is InChI=1S/C8H17NO2S/c1-3-5-9-8(2)4-6-12(10,11)7-8/h9H,3-7H2,1-2H3. The van der Waals surface area contributed by atoms with Crippen molar-refractivity contribution in [3.8, 4) is 0 Å². The van der Waals surface area contributed by atoms with E-state index in [9.17, 15) is 8.42 Å². The maximum absolute atomic E-state index is 11.2. The van der Waals surface area contributed by atoms with Crippen LogP contribution in [0.2, 0.25) is 0 Å². The monoisotopic (exact) mass is 191 g/mol. The van der Waals surface area contributed by atoms with Gasteiger partial charge in [0.1, 0.15) is 0 Å². The summed E-state index contributed by atoms with van der Waals surface area (Å²) in [7, 11) is -2.75. The Bertz CT molecular complexity index is 248. The lowest BCUT2D eigenvalue weighted by molar-refractivity contribution is 0.398. The number of sulfone groups is 1. The molecule has 0 radical (unpaired) electrons. The number of nitrogens with one attached hydrogen (secondary N) is 1. The van der Waals surface area contributed by atoms with Gasteiger partial charge in [-0.1, -0.05) is 6.92 Å². The number of hydrogen-bond acceptors (Lipinski definition) is 3. The molecule has 0 aliphatic carbocycles. The van der Waals surface area contributed by atoms with E-state index in [-0.39, 0.29) is 5.54 Å². The molecule has 0 amide bonds. The van der Waals surface area contributed by atoms with Crippen molar-refractivity contribution < 1.29 is 8.42 Å². The molecule has 72 valence electrons. The second-order valence-electron chi connectivity index (χ2n) is 3.83. The molecule has 1 atom stereocenters. The van der Waals surface area contributed by atoms with Gasteiger partial charge in [0, 0.05) is 5.54 Å². The first kappa shape index (κ1) is 9.99. The molecule has 0 aromatic heterocycles. The van der Waals surface area contributed by atoms with Crippen LogP contribution in [0.15, 0.2) is 0 Å². The fourth-order valence-corrected chi connectivity index (χ4v) is 3.70. The van der Waals surface area contributed by atoms with Crippen molar-refractivity contribution in [3.63, 3.8) is 0 Å². The highest BCUT2D eigenvalue weighted by Crippen LogP contribution is 2.22. The molecule has 1 saturated heterocycles. The topological polar surface area (TPSA) is 46.2 Å². The number of hydrogen-bond donors (Lipinski definition) is 1. The van der Waals surface area contributed by atoms with Gasteiger partial charge >= 0.3 is 0 Å². The van der Waals surface area contributed by atoms with Crippen LogP contribution in [0.25, 0.3) is 0 Å². The Hall–Kier alpha value is -0.0900. The summed E-state index contributed by atoms with van der Waals surface area (Å²) in [5.74, 6) is 0.653. The van der Waals surface area contributed by atoms with Crippen molar-refractivity contribution in [2.45, 2.75) is 32.2 Å². The zero-order valence-electron chi connectivity index (χ0n) is 7.76. The number of rotatable bonds is 3. The summed E-state index contributed by atoms with van der Waals surface area (Å²) in [4.78, 5) is 0. The Kier molecular flexibility index (Phi) is 2.78. The summed E-state index contributed by atoms with van der Waals surface area (Å²) in [5, 5.41) is 3.28. The predicted molar refractivity (Wildman–Crippen MR) is 50.0 cm³/mol. The van der Waals surface area contributed by atoms with Gasteiger partial charge < -0.3 is 5.32 Å². The summed E-state index contributed by atoms with van der Waals surface area (Å²) < 4.78 is 22.3. The van der Waals surface area contributed by atoms with Gasteiger partial charge in [-0.15, -0.1) is 0 Å². The summed E-state index contributed by atoms with van der Waals surface area (Å²) in [6.45, 7) is 4.99. The van der Waals surface area contributed by atoms with Gasteiger partial charge in [-0.3, -0.25) is 0 Å². The maximum atomic E-state index is 11.2. The van der Waals surface area contributed by atoms with Gasteiger partial charge in [0.2, 0.25) is 0 Å². The highest BCUT2D eigenvalue weighted by molar-refractivity contribution is 7.91. The first-order valence-electron chi connectivity index (χ1n) is 4.43. The molecule has 3 nitrogen and oxygen atoms in total. The van der Waals surface area contributed by atoms with E-state index in [1.54, 1.807) is 0 Å². The summed E-state index contributed by atoms with van der Waals surface area (Å²) in [6, 6.07) is 0. The predicted octanol–water partition coefficient (Wildman–Crippen LogP) is 0.563. The molecule has 4 heteroatoms. The molecule has 1 rings (SSSR count). The van der Waals surface area contributed by atoms with Gasteiger partial charge in [0.25, 0.3) is 0 Å².